The lowest BCUT2D eigenvalue weighted by Gasteiger charge is -2.17. The Balaban J connectivity index is 2.78. The second kappa shape index (κ2) is 6.64. The minimum absolute atomic E-state index is 0.520. The molecule has 3 nitrogen and oxygen atoms in total. The number of unbranched alkanes of at least 4 members (excludes halogenated alkanes) is 1. The molecule has 0 aromatic heterocycles. The smallest absolute Gasteiger partial charge is 0.326 e. The first-order valence-corrected chi connectivity index (χ1v) is 6.60. The summed E-state index contributed by atoms with van der Waals surface area (Å²) in [5, 5.41) is 12.2. The first-order valence-electron chi connectivity index (χ1n) is 5.80. The lowest BCUT2D eigenvalue weighted by Crippen LogP contribution is -2.29. The Morgan fingerprint density at radius 1 is 1.53 bits per heavy atom. The maximum atomic E-state index is 11.1. The van der Waals surface area contributed by atoms with Crippen LogP contribution in [0.1, 0.15) is 31.7 Å². The van der Waals surface area contributed by atoms with Gasteiger partial charge in [-0.25, -0.2) is 4.79 Å². The zero-order valence-corrected chi connectivity index (χ0v) is 11.8. The third-order valence-electron chi connectivity index (χ3n) is 2.67. The van der Waals surface area contributed by atoms with Crippen LogP contribution in [-0.4, -0.2) is 17.1 Å². The summed E-state index contributed by atoms with van der Waals surface area (Å²) >= 11 is 3.47. The molecule has 17 heavy (non-hydrogen) atoms. The molecule has 0 aliphatic carbocycles. The Kier molecular flexibility index (Phi) is 5.48. The van der Waals surface area contributed by atoms with Gasteiger partial charge in [-0.2, -0.15) is 0 Å². The van der Waals surface area contributed by atoms with Gasteiger partial charge in [-0.1, -0.05) is 31.9 Å². The van der Waals surface area contributed by atoms with Crippen molar-refractivity contribution in [3.63, 3.8) is 0 Å². The molecule has 94 valence electrons. The van der Waals surface area contributed by atoms with Crippen molar-refractivity contribution >= 4 is 27.6 Å². The van der Waals surface area contributed by atoms with Crippen LogP contribution in [0.15, 0.2) is 22.7 Å². The van der Waals surface area contributed by atoms with Crippen LogP contribution in [0.3, 0.4) is 0 Å². The molecule has 4 heteroatoms. The maximum absolute atomic E-state index is 11.1. The maximum Gasteiger partial charge on any atom is 0.326 e. The van der Waals surface area contributed by atoms with Gasteiger partial charge in [0.05, 0.1) is 0 Å². The summed E-state index contributed by atoms with van der Waals surface area (Å²) in [6.07, 6.45) is 2.56. The van der Waals surface area contributed by atoms with Crippen molar-refractivity contribution in [2.24, 2.45) is 0 Å². The monoisotopic (exact) mass is 299 g/mol. The number of hydrogen-bond acceptors (Lipinski definition) is 2. The first kappa shape index (κ1) is 14.0. The molecule has 0 spiro atoms. The summed E-state index contributed by atoms with van der Waals surface area (Å²) in [5.74, 6) is -0.799. The Morgan fingerprint density at radius 3 is 2.82 bits per heavy atom. The number of carboxylic acid groups (broad SMARTS) is 1. The minimum atomic E-state index is -0.799. The van der Waals surface area contributed by atoms with E-state index in [0.29, 0.717) is 6.42 Å². The zero-order valence-electron chi connectivity index (χ0n) is 10.2. The van der Waals surface area contributed by atoms with Crippen LogP contribution in [0.4, 0.5) is 5.69 Å². The molecule has 1 aromatic rings. The number of aryl methyl sites for hydroxylation is 1. The summed E-state index contributed by atoms with van der Waals surface area (Å²) in [4.78, 5) is 11.1. The largest absolute Gasteiger partial charge is 0.480 e. The standard InChI is InChI=1S/C13H18BrNO2/c1-3-4-7-11(13(16)17)15-10-8-5-6-9(2)12(10)14/h5-6,8,11,15H,3-4,7H2,1-2H3,(H,16,17). The van der Waals surface area contributed by atoms with Crippen molar-refractivity contribution in [1.82, 2.24) is 0 Å². The van der Waals surface area contributed by atoms with Gasteiger partial charge in [0, 0.05) is 10.2 Å². The van der Waals surface area contributed by atoms with Gasteiger partial charge in [0.2, 0.25) is 0 Å². The zero-order chi connectivity index (χ0) is 12.8. The van der Waals surface area contributed by atoms with Gasteiger partial charge in [-0.3, -0.25) is 0 Å². The van der Waals surface area contributed by atoms with Gasteiger partial charge in [-0.15, -0.1) is 0 Å². The molecule has 1 aromatic carbocycles. The normalized spacial score (nSPS) is 12.2. The van der Waals surface area contributed by atoms with Crippen LogP contribution in [0, 0.1) is 6.92 Å². The average Bonchev–Trinajstić information content (AvgIpc) is 2.29. The Bertz CT molecular complexity index is 393. The van der Waals surface area contributed by atoms with Crippen LogP contribution in [0.5, 0.6) is 0 Å². The summed E-state index contributed by atoms with van der Waals surface area (Å²) in [6, 6.07) is 5.27. The fourth-order valence-corrected chi connectivity index (χ4v) is 1.99. The van der Waals surface area contributed by atoms with E-state index >= 15 is 0 Å². The Hall–Kier alpha value is -1.03. The van der Waals surface area contributed by atoms with Gasteiger partial charge in [0.1, 0.15) is 6.04 Å². The Morgan fingerprint density at radius 2 is 2.24 bits per heavy atom. The number of rotatable bonds is 6. The number of hydrogen-bond donors (Lipinski definition) is 2. The van der Waals surface area contributed by atoms with Gasteiger partial charge in [0.15, 0.2) is 0 Å². The molecular weight excluding hydrogens is 282 g/mol. The number of benzene rings is 1. The third kappa shape index (κ3) is 4.04. The lowest BCUT2D eigenvalue weighted by molar-refractivity contribution is -0.138. The fraction of sp³-hybridized carbons (Fsp3) is 0.462. The number of carbonyl (C=O) groups is 1. The van der Waals surface area contributed by atoms with E-state index in [4.69, 9.17) is 5.11 Å². The van der Waals surface area contributed by atoms with E-state index < -0.39 is 12.0 Å². The molecule has 1 rings (SSSR count). The van der Waals surface area contributed by atoms with Crippen molar-refractivity contribution in [1.29, 1.82) is 0 Å². The van der Waals surface area contributed by atoms with E-state index in [9.17, 15) is 4.79 Å². The highest BCUT2D eigenvalue weighted by Gasteiger charge is 2.17. The van der Waals surface area contributed by atoms with E-state index in [1.165, 1.54) is 0 Å². The van der Waals surface area contributed by atoms with Crippen molar-refractivity contribution in [2.75, 3.05) is 5.32 Å². The summed E-state index contributed by atoms with van der Waals surface area (Å²) in [6.45, 7) is 4.04. The molecule has 1 unspecified atom stereocenters. The molecular formula is C13H18BrNO2. The van der Waals surface area contributed by atoms with Crippen LogP contribution in [-0.2, 0) is 4.79 Å². The van der Waals surface area contributed by atoms with E-state index in [1.807, 2.05) is 25.1 Å². The van der Waals surface area contributed by atoms with E-state index in [0.717, 1.165) is 28.6 Å². The topological polar surface area (TPSA) is 49.3 Å². The van der Waals surface area contributed by atoms with Gasteiger partial charge < -0.3 is 10.4 Å². The number of nitrogens with one attached hydrogen (secondary N) is 1. The molecule has 0 aliphatic heterocycles. The second-order valence-corrected chi connectivity index (χ2v) is 4.91. The quantitative estimate of drug-likeness (QED) is 0.840. The first-order chi connectivity index (χ1) is 8.06. The van der Waals surface area contributed by atoms with Crippen LogP contribution < -0.4 is 5.32 Å². The molecule has 0 fully saturated rings. The van der Waals surface area contributed by atoms with Crippen molar-refractivity contribution in [3.05, 3.63) is 28.2 Å². The van der Waals surface area contributed by atoms with E-state index in [1.54, 1.807) is 0 Å². The van der Waals surface area contributed by atoms with Gasteiger partial charge in [-0.05, 0) is 40.9 Å². The molecule has 1 atom stereocenters. The molecule has 0 heterocycles. The highest BCUT2D eigenvalue weighted by molar-refractivity contribution is 9.10. The highest BCUT2D eigenvalue weighted by atomic mass is 79.9. The molecule has 0 bridgehead atoms. The van der Waals surface area contributed by atoms with Gasteiger partial charge >= 0.3 is 5.97 Å². The third-order valence-corrected chi connectivity index (χ3v) is 3.72. The molecule has 2 N–H and O–H groups in total. The minimum Gasteiger partial charge on any atom is -0.480 e. The predicted octanol–water partition coefficient (Wildman–Crippen LogP) is 3.81. The van der Waals surface area contributed by atoms with Gasteiger partial charge in [0.25, 0.3) is 0 Å². The summed E-state index contributed by atoms with van der Waals surface area (Å²) in [5.41, 5.74) is 1.93. The van der Waals surface area contributed by atoms with Crippen molar-refractivity contribution in [3.8, 4) is 0 Å². The SMILES string of the molecule is CCCCC(Nc1cccc(C)c1Br)C(=O)O. The number of carboxylic acids is 1. The molecule has 0 saturated heterocycles. The van der Waals surface area contributed by atoms with E-state index in [2.05, 4.69) is 28.2 Å². The molecule has 0 saturated carbocycles. The number of halogens is 1. The van der Waals surface area contributed by atoms with Crippen LogP contribution >= 0.6 is 15.9 Å². The van der Waals surface area contributed by atoms with Crippen LogP contribution in [0.25, 0.3) is 0 Å². The predicted molar refractivity (Wildman–Crippen MR) is 73.5 cm³/mol. The van der Waals surface area contributed by atoms with Crippen molar-refractivity contribution in [2.45, 2.75) is 39.2 Å². The summed E-state index contributed by atoms with van der Waals surface area (Å²) < 4.78 is 0.933. The summed E-state index contributed by atoms with van der Waals surface area (Å²) in [7, 11) is 0. The highest BCUT2D eigenvalue weighted by Crippen LogP contribution is 2.26. The van der Waals surface area contributed by atoms with Crippen LogP contribution in [0.2, 0.25) is 0 Å². The van der Waals surface area contributed by atoms with Crippen molar-refractivity contribution < 1.29 is 9.90 Å². The number of anilines is 1. The molecule has 0 radical (unpaired) electrons. The Labute approximate surface area is 110 Å². The number of aliphatic carboxylic acids is 1. The fourth-order valence-electron chi connectivity index (χ4n) is 1.61. The molecule has 0 aliphatic rings. The second-order valence-electron chi connectivity index (χ2n) is 4.11. The molecule has 0 amide bonds. The van der Waals surface area contributed by atoms with E-state index in [-0.39, 0.29) is 0 Å². The lowest BCUT2D eigenvalue weighted by atomic mass is 10.1. The average molecular weight is 300 g/mol.